The van der Waals surface area contributed by atoms with Crippen LogP contribution in [0.5, 0.6) is 0 Å². The molecule has 0 saturated carbocycles. The van der Waals surface area contributed by atoms with Gasteiger partial charge >= 0.3 is 5.97 Å². The number of carboxylic acids is 1. The van der Waals surface area contributed by atoms with Gasteiger partial charge in [0.05, 0.1) is 17.8 Å². The second kappa shape index (κ2) is 4.56. The summed E-state index contributed by atoms with van der Waals surface area (Å²) in [4.78, 5) is 25.3. The molecule has 0 spiro atoms. The maximum absolute atomic E-state index is 12.5. The van der Waals surface area contributed by atoms with E-state index in [2.05, 4.69) is 0 Å². The Kier molecular flexibility index (Phi) is 2.79. The molecule has 5 heteroatoms. The normalized spacial score (nSPS) is 33.2. The van der Waals surface area contributed by atoms with Gasteiger partial charge in [-0.3, -0.25) is 4.79 Å². The average Bonchev–Trinajstić information content (AvgIpc) is 3.18. The monoisotopic (exact) mass is 287 g/mol. The van der Waals surface area contributed by atoms with Gasteiger partial charge in [-0.1, -0.05) is 0 Å². The lowest BCUT2D eigenvalue weighted by Gasteiger charge is -2.19. The van der Waals surface area contributed by atoms with E-state index in [-0.39, 0.29) is 11.5 Å². The largest absolute Gasteiger partial charge is 0.478 e. The minimum atomic E-state index is -0.974. The van der Waals surface area contributed by atoms with Crippen molar-refractivity contribution in [2.24, 2.45) is 11.8 Å². The number of ether oxygens (including phenoxy) is 1. The zero-order valence-corrected chi connectivity index (χ0v) is 11.6. The molecule has 1 N–H and O–H groups in total. The number of carboxylic acid groups (broad SMARTS) is 1. The van der Waals surface area contributed by atoms with E-state index in [4.69, 9.17) is 9.84 Å². The maximum Gasteiger partial charge on any atom is 0.335 e. The summed E-state index contributed by atoms with van der Waals surface area (Å²) in [7, 11) is 0. The lowest BCUT2D eigenvalue weighted by molar-refractivity contribution is 0.0592. The summed E-state index contributed by atoms with van der Waals surface area (Å²) < 4.78 is 5.91. The standard InChI is InChI=1S/C16H17NO4/c18-15(9-1-3-10(4-2-9)16(19)20)17-7-11-12(8-17)14-6-5-13(11)21-14/h1-4,11-14H,5-8H2,(H,19,20)/t11-,12-,13-,14-/m1/s1. The van der Waals surface area contributed by atoms with Crippen molar-refractivity contribution in [3.63, 3.8) is 0 Å². The van der Waals surface area contributed by atoms with Crippen LogP contribution in [0.3, 0.4) is 0 Å². The van der Waals surface area contributed by atoms with Crippen LogP contribution < -0.4 is 0 Å². The highest BCUT2D eigenvalue weighted by Crippen LogP contribution is 2.47. The molecule has 5 nitrogen and oxygen atoms in total. The Bertz CT molecular complexity index is 579. The molecule has 0 aromatic heterocycles. The van der Waals surface area contributed by atoms with Gasteiger partial charge in [-0.2, -0.15) is 0 Å². The van der Waals surface area contributed by atoms with Gasteiger partial charge in [0.1, 0.15) is 0 Å². The van der Waals surface area contributed by atoms with Gasteiger partial charge in [-0.05, 0) is 37.1 Å². The summed E-state index contributed by atoms with van der Waals surface area (Å²) in [5.41, 5.74) is 0.768. The van der Waals surface area contributed by atoms with E-state index in [1.807, 2.05) is 4.90 Å². The first-order chi connectivity index (χ1) is 10.1. The number of rotatable bonds is 2. The predicted octanol–water partition coefficient (Wildman–Crippen LogP) is 1.63. The van der Waals surface area contributed by atoms with E-state index in [9.17, 15) is 9.59 Å². The van der Waals surface area contributed by atoms with Crippen LogP contribution in [0.15, 0.2) is 24.3 Å². The highest BCUT2D eigenvalue weighted by molar-refractivity contribution is 5.96. The Morgan fingerprint density at radius 1 is 1.00 bits per heavy atom. The van der Waals surface area contributed by atoms with Crippen LogP contribution in [0.25, 0.3) is 0 Å². The Morgan fingerprint density at radius 2 is 1.52 bits per heavy atom. The van der Waals surface area contributed by atoms with Crippen LogP contribution in [0, 0.1) is 11.8 Å². The number of carbonyl (C=O) groups excluding carboxylic acids is 1. The maximum atomic E-state index is 12.5. The first-order valence-corrected chi connectivity index (χ1v) is 7.41. The molecule has 110 valence electrons. The molecular formula is C16H17NO4. The van der Waals surface area contributed by atoms with Crippen LogP contribution in [0.1, 0.15) is 33.6 Å². The highest BCUT2D eigenvalue weighted by Gasteiger charge is 2.53. The molecule has 0 aliphatic carbocycles. The molecule has 1 amide bonds. The van der Waals surface area contributed by atoms with Gasteiger partial charge < -0.3 is 14.7 Å². The Hall–Kier alpha value is -1.88. The SMILES string of the molecule is O=C(O)c1ccc(C(=O)N2C[C@@H]3[C@@H](C2)[C@H]2CC[C@H]3O2)cc1. The van der Waals surface area contributed by atoms with Crippen molar-refractivity contribution >= 4 is 11.9 Å². The number of amides is 1. The van der Waals surface area contributed by atoms with Crippen molar-refractivity contribution in [3.8, 4) is 0 Å². The Balaban J connectivity index is 1.50. The first-order valence-electron chi connectivity index (χ1n) is 7.41. The van der Waals surface area contributed by atoms with Crippen LogP contribution >= 0.6 is 0 Å². The average molecular weight is 287 g/mol. The highest BCUT2D eigenvalue weighted by atomic mass is 16.5. The van der Waals surface area contributed by atoms with E-state index < -0.39 is 5.97 Å². The second-order valence-electron chi connectivity index (χ2n) is 6.21. The number of likely N-dealkylation sites (tertiary alicyclic amines) is 1. The summed E-state index contributed by atoms with van der Waals surface area (Å²) in [6.07, 6.45) is 2.93. The third kappa shape index (κ3) is 1.95. The number of hydrogen-bond donors (Lipinski definition) is 1. The van der Waals surface area contributed by atoms with E-state index in [1.54, 1.807) is 12.1 Å². The van der Waals surface area contributed by atoms with Gasteiger partial charge in [-0.15, -0.1) is 0 Å². The molecule has 4 rings (SSSR count). The molecule has 1 aromatic rings. The van der Waals surface area contributed by atoms with Crippen molar-refractivity contribution in [2.75, 3.05) is 13.1 Å². The van der Waals surface area contributed by atoms with Crippen molar-refractivity contribution in [1.29, 1.82) is 0 Å². The predicted molar refractivity (Wildman–Crippen MR) is 74.2 cm³/mol. The lowest BCUT2D eigenvalue weighted by Crippen LogP contribution is -2.31. The van der Waals surface area contributed by atoms with Crippen molar-refractivity contribution in [3.05, 3.63) is 35.4 Å². The molecule has 3 fully saturated rings. The number of nitrogens with zero attached hydrogens (tertiary/aromatic N) is 1. The first kappa shape index (κ1) is 12.8. The summed E-state index contributed by atoms with van der Waals surface area (Å²) in [5.74, 6) is 0.0103. The minimum absolute atomic E-state index is 0.000684. The van der Waals surface area contributed by atoms with Crippen LogP contribution in [-0.4, -0.2) is 47.2 Å². The Labute approximate surface area is 122 Å². The summed E-state index contributed by atoms with van der Waals surface area (Å²) in [6, 6.07) is 6.18. The van der Waals surface area contributed by atoms with Crippen LogP contribution in [0.4, 0.5) is 0 Å². The van der Waals surface area contributed by atoms with Crippen LogP contribution in [0.2, 0.25) is 0 Å². The molecule has 3 saturated heterocycles. The van der Waals surface area contributed by atoms with Gasteiger partial charge in [0.15, 0.2) is 0 Å². The third-order valence-electron chi connectivity index (χ3n) is 5.12. The summed E-state index contributed by atoms with van der Waals surface area (Å²) in [5, 5.41) is 8.89. The van der Waals surface area contributed by atoms with Crippen LogP contribution in [-0.2, 0) is 4.74 Å². The molecule has 0 unspecified atom stereocenters. The number of hydrogen-bond acceptors (Lipinski definition) is 3. The number of carbonyl (C=O) groups is 2. The van der Waals surface area contributed by atoms with Crippen molar-refractivity contribution < 1.29 is 19.4 Å². The molecular weight excluding hydrogens is 270 g/mol. The molecule has 2 bridgehead atoms. The smallest absolute Gasteiger partial charge is 0.335 e. The zero-order valence-electron chi connectivity index (χ0n) is 11.6. The summed E-state index contributed by atoms with van der Waals surface area (Å²) in [6.45, 7) is 1.54. The third-order valence-corrected chi connectivity index (χ3v) is 5.12. The van der Waals surface area contributed by atoms with Crippen molar-refractivity contribution in [2.45, 2.75) is 25.0 Å². The fourth-order valence-corrected chi connectivity index (χ4v) is 4.06. The number of benzene rings is 1. The fourth-order valence-electron chi connectivity index (χ4n) is 4.06. The minimum Gasteiger partial charge on any atom is -0.478 e. The number of aromatic carboxylic acids is 1. The van der Waals surface area contributed by atoms with Gasteiger partial charge in [0, 0.05) is 30.5 Å². The molecule has 3 heterocycles. The lowest BCUT2D eigenvalue weighted by atomic mass is 9.82. The molecule has 1 aromatic carbocycles. The van der Waals surface area contributed by atoms with E-state index >= 15 is 0 Å². The zero-order chi connectivity index (χ0) is 14.6. The summed E-state index contributed by atoms with van der Waals surface area (Å²) >= 11 is 0. The van der Waals surface area contributed by atoms with Gasteiger partial charge in [0.2, 0.25) is 0 Å². The molecule has 3 aliphatic rings. The van der Waals surface area contributed by atoms with E-state index in [1.165, 1.54) is 12.1 Å². The van der Waals surface area contributed by atoms with Gasteiger partial charge in [-0.25, -0.2) is 4.79 Å². The Morgan fingerprint density at radius 3 is 2.05 bits per heavy atom. The number of fused-ring (bicyclic) bond motifs is 5. The molecule has 0 radical (unpaired) electrons. The van der Waals surface area contributed by atoms with Crippen molar-refractivity contribution in [1.82, 2.24) is 4.90 Å². The molecule has 3 aliphatic heterocycles. The molecule has 4 atom stereocenters. The second-order valence-corrected chi connectivity index (χ2v) is 6.21. The van der Waals surface area contributed by atoms with Gasteiger partial charge in [0.25, 0.3) is 5.91 Å². The molecule has 21 heavy (non-hydrogen) atoms. The topological polar surface area (TPSA) is 66.8 Å². The van der Waals surface area contributed by atoms with E-state index in [0.717, 1.165) is 25.9 Å². The van der Waals surface area contributed by atoms with E-state index in [0.29, 0.717) is 29.6 Å². The quantitative estimate of drug-likeness (QED) is 0.898. The fraction of sp³-hybridized carbons (Fsp3) is 0.500.